The zero-order chi connectivity index (χ0) is 11.3. The third-order valence-corrected chi connectivity index (χ3v) is 2.11. The number of aliphatic hydroxyl groups excluding tert-OH is 1. The Morgan fingerprint density at radius 2 is 2.27 bits per heavy atom. The van der Waals surface area contributed by atoms with Crippen molar-refractivity contribution in [3.63, 3.8) is 0 Å². The van der Waals surface area contributed by atoms with Gasteiger partial charge in [-0.15, -0.1) is 0 Å². The van der Waals surface area contributed by atoms with E-state index in [1.165, 1.54) is 0 Å². The summed E-state index contributed by atoms with van der Waals surface area (Å²) in [7, 11) is 0. The maximum atomic E-state index is 9.06. The van der Waals surface area contributed by atoms with Crippen molar-refractivity contribution in [1.82, 2.24) is 9.97 Å². The molecule has 1 aromatic rings. The van der Waals surface area contributed by atoms with Crippen molar-refractivity contribution in [2.24, 2.45) is 0 Å². The van der Waals surface area contributed by atoms with Crippen LogP contribution in [0.25, 0.3) is 0 Å². The van der Waals surface area contributed by atoms with Gasteiger partial charge in [0.1, 0.15) is 16.8 Å². The van der Waals surface area contributed by atoms with Gasteiger partial charge >= 0.3 is 0 Å². The summed E-state index contributed by atoms with van der Waals surface area (Å²) in [5.41, 5.74) is 0. The lowest BCUT2D eigenvalue weighted by Gasteiger charge is -2.07. The fraction of sp³-hybridized carbons (Fsp3) is 0.600. The van der Waals surface area contributed by atoms with Gasteiger partial charge < -0.3 is 10.4 Å². The lowest BCUT2D eigenvalue weighted by atomic mass is 10.2. The molecule has 0 aliphatic carbocycles. The lowest BCUT2D eigenvalue weighted by Crippen LogP contribution is -2.08. The first-order valence-electron chi connectivity index (χ1n) is 5.01. The van der Waals surface area contributed by atoms with Crippen LogP contribution >= 0.6 is 11.6 Å². The van der Waals surface area contributed by atoms with Crippen molar-refractivity contribution >= 4 is 17.4 Å². The van der Waals surface area contributed by atoms with E-state index in [-0.39, 0.29) is 6.10 Å². The van der Waals surface area contributed by atoms with Gasteiger partial charge in [-0.3, -0.25) is 0 Å². The highest BCUT2D eigenvalue weighted by Gasteiger charge is 1.99. The average molecular weight is 230 g/mol. The van der Waals surface area contributed by atoms with Crippen LogP contribution in [0.4, 0.5) is 5.82 Å². The van der Waals surface area contributed by atoms with Gasteiger partial charge in [0.2, 0.25) is 0 Å². The van der Waals surface area contributed by atoms with E-state index in [1.54, 1.807) is 19.9 Å². The second-order valence-electron chi connectivity index (χ2n) is 3.54. The highest BCUT2D eigenvalue weighted by atomic mass is 35.5. The van der Waals surface area contributed by atoms with Crippen LogP contribution in [0.5, 0.6) is 0 Å². The Hall–Kier alpha value is -0.870. The molecule has 1 aromatic heterocycles. The first kappa shape index (κ1) is 12.2. The smallest absolute Gasteiger partial charge is 0.134 e. The number of anilines is 1. The van der Waals surface area contributed by atoms with E-state index in [1.807, 2.05) is 0 Å². The molecule has 84 valence electrons. The normalized spacial score (nSPS) is 12.5. The molecule has 5 heteroatoms. The molecule has 1 unspecified atom stereocenters. The number of hydrogen-bond donors (Lipinski definition) is 2. The number of aliphatic hydroxyl groups is 1. The first-order valence-corrected chi connectivity index (χ1v) is 5.39. The molecule has 0 saturated carbocycles. The molecule has 2 N–H and O–H groups in total. The second kappa shape index (κ2) is 5.88. The number of aryl methyl sites for hydroxylation is 1. The molecular weight excluding hydrogens is 214 g/mol. The van der Waals surface area contributed by atoms with Gasteiger partial charge in [0.15, 0.2) is 0 Å². The summed E-state index contributed by atoms with van der Waals surface area (Å²) < 4.78 is 0. The molecule has 1 rings (SSSR count). The zero-order valence-electron chi connectivity index (χ0n) is 9.00. The Morgan fingerprint density at radius 3 is 2.87 bits per heavy atom. The number of nitrogens with zero attached hydrogens (tertiary/aromatic N) is 2. The molecule has 0 aliphatic rings. The molecule has 0 spiro atoms. The summed E-state index contributed by atoms with van der Waals surface area (Å²) in [6.07, 6.45) is 1.44. The van der Waals surface area contributed by atoms with E-state index < -0.39 is 0 Å². The number of rotatable bonds is 5. The molecule has 0 bridgehead atoms. The molecule has 1 atom stereocenters. The summed E-state index contributed by atoms with van der Waals surface area (Å²) >= 11 is 5.78. The van der Waals surface area contributed by atoms with E-state index in [9.17, 15) is 0 Å². The molecule has 0 aliphatic heterocycles. The monoisotopic (exact) mass is 229 g/mol. The maximum Gasteiger partial charge on any atom is 0.134 e. The Morgan fingerprint density at radius 1 is 1.53 bits per heavy atom. The van der Waals surface area contributed by atoms with Gasteiger partial charge in [0, 0.05) is 12.6 Å². The average Bonchev–Trinajstić information content (AvgIpc) is 2.10. The van der Waals surface area contributed by atoms with Crippen LogP contribution in [0, 0.1) is 6.92 Å². The fourth-order valence-electron chi connectivity index (χ4n) is 1.24. The number of aromatic nitrogens is 2. The molecule has 1 heterocycles. The Labute approximate surface area is 94.7 Å². The Kier molecular flexibility index (Phi) is 4.78. The minimum absolute atomic E-state index is 0.248. The van der Waals surface area contributed by atoms with Crippen LogP contribution in [0.2, 0.25) is 5.15 Å². The molecule has 0 aromatic carbocycles. The standard InChI is InChI=1S/C10H16ClN3O/c1-7(15)4-3-5-12-10-6-9(11)13-8(2)14-10/h6-7,15H,3-5H2,1-2H3,(H,12,13,14). The lowest BCUT2D eigenvalue weighted by molar-refractivity contribution is 0.183. The van der Waals surface area contributed by atoms with Crippen molar-refractivity contribution in [3.8, 4) is 0 Å². The third-order valence-electron chi connectivity index (χ3n) is 1.91. The van der Waals surface area contributed by atoms with Crippen molar-refractivity contribution in [3.05, 3.63) is 17.0 Å². The summed E-state index contributed by atoms with van der Waals surface area (Å²) in [6.45, 7) is 4.36. The summed E-state index contributed by atoms with van der Waals surface area (Å²) in [5.74, 6) is 1.39. The highest BCUT2D eigenvalue weighted by molar-refractivity contribution is 6.29. The van der Waals surface area contributed by atoms with E-state index in [0.29, 0.717) is 11.0 Å². The van der Waals surface area contributed by atoms with Gasteiger partial charge in [0.25, 0.3) is 0 Å². The van der Waals surface area contributed by atoms with Gasteiger partial charge in [-0.2, -0.15) is 0 Å². The second-order valence-corrected chi connectivity index (χ2v) is 3.93. The number of halogens is 1. The van der Waals surface area contributed by atoms with E-state index in [4.69, 9.17) is 16.7 Å². The molecule has 0 radical (unpaired) electrons. The third kappa shape index (κ3) is 4.95. The van der Waals surface area contributed by atoms with E-state index >= 15 is 0 Å². The maximum absolute atomic E-state index is 9.06. The SMILES string of the molecule is Cc1nc(Cl)cc(NCCCC(C)O)n1. The minimum Gasteiger partial charge on any atom is -0.393 e. The zero-order valence-corrected chi connectivity index (χ0v) is 9.75. The van der Waals surface area contributed by atoms with Gasteiger partial charge in [-0.25, -0.2) is 9.97 Å². The van der Waals surface area contributed by atoms with Crippen molar-refractivity contribution in [2.45, 2.75) is 32.8 Å². The van der Waals surface area contributed by atoms with Gasteiger partial charge in [-0.05, 0) is 26.7 Å². The molecule has 0 fully saturated rings. The predicted octanol–water partition coefficient (Wildman–Crippen LogP) is 2.01. The molecular formula is C10H16ClN3O. The van der Waals surface area contributed by atoms with Crippen molar-refractivity contribution in [2.75, 3.05) is 11.9 Å². The topological polar surface area (TPSA) is 58.0 Å². The summed E-state index contributed by atoms with van der Waals surface area (Å²) in [6, 6.07) is 1.69. The molecule has 4 nitrogen and oxygen atoms in total. The Balaban J connectivity index is 2.37. The number of hydrogen-bond acceptors (Lipinski definition) is 4. The van der Waals surface area contributed by atoms with Crippen LogP contribution in [0.15, 0.2) is 6.07 Å². The van der Waals surface area contributed by atoms with E-state index in [0.717, 1.165) is 25.2 Å². The molecule has 0 saturated heterocycles. The van der Waals surface area contributed by atoms with Crippen molar-refractivity contribution in [1.29, 1.82) is 0 Å². The highest BCUT2D eigenvalue weighted by Crippen LogP contribution is 2.11. The molecule has 15 heavy (non-hydrogen) atoms. The minimum atomic E-state index is -0.248. The van der Waals surface area contributed by atoms with Crippen LogP contribution in [0.1, 0.15) is 25.6 Å². The van der Waals surface area contributed by atoms with Crippen LogP contribution < -0.4 is 5.32 Å². The van der Waals surface area contributed by atoms with Crippen LogP contribution in [-0.2, 0) is 0 Å². The summed E-state index contributed by atoms with van der Waals surface area (Å²) in [5, 5.41) is 12.6. The predicted molar refractivity (Wildman–Crippen MR) is 61.2 cm³/mol. The van der Waals surface area contributed by atoms with Crippen LogP contribution in [0.3, 0.4) is 0 Å². The fourth-order valence-corrected chi connectivity index (χ4v) is 1.46. The van der Waals surface area contributed by atoms with Gasteiger partial charge in [0.05, 0.1) is 6.10 Å². The van der Waals surface area contributed by atoms with Crippen molar-refractivity contribution < 1.29 is 5.11 Å². The van der Waals surface area contributed by atoms with Gasteiger partial charge in [-0.1, -0.05) is 11.6 Å². The van der Waals surface area contributed by atoms with Crippen LogP contribution in [-0.4, -0.2) is 27.7 Å². The largest absolute Gasteiger partial charge is 0.393 e. The van der Waals surface area contributed by atoms with E-state index in [2.05, 4.69) is 15.3 Å². The summed E-state index contributed by atoms with van der Waals surface area (Å²) in [4.78, 5) is 8.15. The quantitative estimate of drug-likeness (QED) is 0.599. The Bertz CT molecular complexity index is 297. The number of nitrogens with one attached hydrogen (secondary N) is 1. The molecule has 0 amide bonds. The first-order chi connectivity index (χ1) is 7.08.